The van der Waals surface area contributed by atoms with Gasteiger partial charge in [0, 0.05) is 32.0 Å². The van der Waals surface area contributed by atoms with Gasteiger partial charge in [-0.1, -0.05) is 0 Å². The highest BCUT2D eigenvalue weighted by Gasteiger charge is 2.28. The molecule has 2 aromatic rings. The molecule has 25 heavy (non-hydrogen) atoms. The molecule has 1 aliphatic heterocycles. The van der Waals surface area contributed by atoms with Gasteiger partial charge in [0.15, 0.2) is 0 Å². The Morgan fingerprint density at radius 1 is 1.32 bits per heavy atom. The van der Waals surface area contributed by atoms with E-state index in [1.54, 1.807) is 12.4 Å². The SMILES string of the molecule is Cc1cnc(C(=O)N2CCc3c(COCC4CC4)nn(C)c3C2)cn1. The Balaban J connectivity index is 1.46. The van der Waals surface area contributed by atoms with Crippen molar-refractivity contribution in [2.24, 2.45) is 13.0 Å². The van der Waals surface area contributed by atoms with Gasteiger partial charge in [0.05, 0.1) is 36.4 Å². The largest absolute Gasteiger partial charge is 0.375 e. The number of ether oxygens (including phenoxy) is 1. The zero-order chi connectivity index (χ0) is 17.4. The molecule has 1 fully saturated rings. The quantitative estimate of drug-likeness (QED) is 0.827. The lowest BCUT2D eigenvalue weighted by Crippen LogP contribution is -2.37. The molecule has 0 unspecified atom stereocenters. The third-order valence-electron chi connectivity index (χ3n) is 4.91. The summed E-state index contributed by atoms with van der Waals surface area (Å²) < 4.78 is 7.68. The summed E-state index contributed by atoms with van der Waals surface area (Å²) >= 11 is 0. The molecule has 0 aromatic carbocycles. The predicted molar refractivity (Wildman–Crippen MR) is 90.8 cm³/mol. The van der Waals surface area contributed by atoms with Crippen LogP contribution in [0, 0.1) is 12.8 Å². The number of aryl methyl sites for hydroxylation is 2. The number of aromatic nitrogens is 4. The molecule has 7 nitrogen and oxygen atoms in total. The van der Waals surface area contributed by atoms with E-state index < -0.39 is 0 Å². The van der Waals surface area contributed by atoms with Gasteiger partial charge in [0.25, 0.3) is 5.91 Å². The van der Waals surface area contributed by atoms with Crippen LogP contribution >= 0.6 is 0 Å². The maximum Gasteiger partial charge on any atom is 0.274 e. The molecule has 0 saturated heterocycles. The Morgan fingerprint density at radius 3 is 2.88 bits per heavy atom. The van der Waals surface area contributed by atoms with Crippen molar-refractivity contribution in [1.29, 1.82) is 0 Å². The van der Waals surface area contributed by atoms with Crippen molar-refractivity contribution in [2.75, 3.05) is 13.2 Å². The zero-order valence-corrected chi connectivity index (χ0v) is 14.7. The zero-order valence-electron chi connectivity index (χ0n) is 14.7. The van der Waals surface area contributed by atoms with Gasteiger partial charge in [0.1, 0.15) is 5.69 Å². The summed E-state index contributed by atoms with van der Waals surface area (Å²) in [6, 6.07) is 0. The van der Waals surface area contributed by atoms with Crippen molar-refractivity contribution in [2.45, 2.75) is 39.3 Å². The number of amides is 1. The molecule has 7 heteroatoms. The van der Waals surface area contributed by atoms with Gasteiger partial charge >= 0.3 is 0 Å². The average Bonchev–Trinajstić information content (AvgIpc) is 3.39. The van der Waals surface area contributed by atoms with Gasteiger partial charge in [-0.2, -0.15) is 5.10 Å². The molecular formula is C18H23N5O2. The molecule has 0 spiro atoms. The summed E-state index contributed by atoms with van der Waals surface area (Å²) in [7, 11) is 1.93. The lowest BCUT2D eigenvalue weighted by Gasteiger charge is -2.27. The highest BCUT2D eigenvalue weighted by atomic mass is 16.5. The van der Waals surface area contributed by atoms with Gasteiger partial charge in [-0.25, -0.2) is 4.98 Å². The number of carbonyl (C=O) groups is 1. The maximum atomic E-state index is 12.7. The molecule has 0 atom stereocenters. The summed E-state index contributed by atoms with van der Waals surface area (Å²) in [5.74, 6) is 0.675. The van der Waals surface area contributed by atoms with Crippen LogP contribution in [-0.4, -0.2) is 43.7 Å². The van der Waals surface area contributed by atoms with Crippen LogP contribution in [0.3, 0.4) is 0 Å². The van der Waals surface area contributed by atoms with Crippen LogP contribution in [0.15, 0.2) is 12.4 Å². The van der Waals surface area contributed by atoms with Crippen LogP contribution in [0.4, 0.5) is 0 Å². The number of nitrogens with zero attached hydrogens (tertiary/aromatic N) is 5. The van der Waals surface area contributed by atoms with Crippen LogP contribution in [0.1, 0.15) is 46.0 Å². The maximum absolute atomic E-state index is 12.7. The number of hydrogen-bond donors (Lipinski definition) is 0. The van der Waals surface area contributed by atoms with Crippen LogP contribution in [0.25, 0.3) is 0 Å². The van der Waals surface area contributed by atoms with Gasteiger partial charge in [-0.05, 0) is 32.1 Å². The molecule has 3 heterocycles. The van der Waals surface area contributed by atoms with Gasteiger partial charge < -0.3 is 9.64 Å². The van der Waals surface area contributed by atoms with Crippen molar-refractivity contribution in [3.63, 3.8) is 0 Å². The first-order valence-corrected chi connectivity index (χ1v) is 8.81. The van der Waals surface area contributed by atoms with Crippen LogP contribution < -0.4 is 0 Å². The van der Waals surface area contributed by atoms with E-state index in [0.29, 0.717) is 25.4 Å². The van der Waals surface area contributed by atoms with Crippen molar-refractivity contribution in [3.8, 4) is 0 Å². The van der Waals surface area contributed by atoms with E-state index in [2.05, 4.69) is 15.1 Å². The molecular weight excluding hydrogens is 318 g/mol. The van der Waals surface area contributed by atoms with Gasteiger partial charge in [-0.3, -0.25) is 14.5 Å². The molecule has 1 saturated carbocycles. The fourth-order valence-corrected chi connectivity index (χ4v) is 3.22. The number of fused-ring (bicyclic) bond motifs is 1. The fourth-order valence-electron chi connectivity index (χ4n) is 3.22. The molecule has 0 bridgehead atoms. The molecule has 1 aliphatic carbocycles. The first kappa shape index (κ1) is 16.2. The summed E-state index contributed by atoms with van der Waals surface area (Å²) in [4.78, 5) is 22.9. The number of rotatable bonds is 5. The van der Waals surface area contributed by atoms with Crippen LogP contribution in [-0.2, 0) is 31.4 Å². The Kier molecular flexibility index (Phi) is 4.25. The normalized spacial score (nSPS) is 16.8. The van der Waals surface area contributed by atoms with E-state index in [9.17, 15) is 4.79 Å². The summed E-state index contributed by atoms with van der Waals surface area (Å²) in [6.07, 6.45) is 6.56. The average molecular weight is 341 g/mol. The molecule has 2 aromatic heterocycles. The standard InChI is InChI=1S/C18H23N5O2/c1-12-7-20-15(8-19-12)18(24)23-6-5-14-16(11-25-10-13-3-4-13)21-22(2)17(14)9-23/h7-8,13H,3-6,9-11H2,1-2H3. The minimum Gasteiger partial charge on any atom is -0.375 e. The summed E-state index contributed by atoms with van der Waals surface area (Å²) in [6.45, 7) is 4.48. The highest BCUT2D eigenvalue weighted by molar-refractivity contribution is 5.92. The van der Waals surface area contributed by atoms with E-state index in [0.717, 1.165) is 36.0 Å². The van der Waals surface area contributed by atoms with Crippen LogP contribution in [0.5, 0.6) is 0 Å². The van der Waals surface area contributed by atoms with Gasteiger partial charge in [-0.15, -0.1) is 0 Å². The third-order valence-corrected chi connectivity index (χ3v) is 4.91. The van der Waals surface area contributed by atoms with E-state index in [1.807, 2.05) is 23.6 Å². The summed E-state index contributed by atoms with van der Waals surface area (Å²) in [5, 5.41) is 4.61. The first-order valence-electron chi connectivity index (χ1n) is 8.81. The lowest BCUT2D eigenvalue weighted by molar-refractivity contribution is 0.0723. The number of carbonyl (C=O) groups excluding carboxylic acids is 1. The Hall–Kier alpha value is -2.28. The monoisotopic (exact) mass is 341 g/mol. The molecule has 0 N–H and O–H groups in total. The minimum atomic E-state index is -0.0779. The van der Waals surface area contributed by atoms with Crippen LogP contribution in [0.2, 0.25) is 0 Å². The Bertz CT molecular complexity index is 780. The highest BCUT2D eigenvalue weighted by Crippen LogP contribution is 2.29. The second-order valence-corrected chi connectivity index (χ2v) is 6.97. The Morgan fingerprint density at radius 2 is 2.16 bits per heavy atom. The topological polar surface area (TPSA) is 73.1 Å². The van der Waals surface area contributed by atoms with Crippen molar-refractivity contribution in [1.82, 2.24) is 24.6 Å². The lowest BCUT2D eigenvalue weighted by atomic mass is 10.0. The molecule has 0 radical (unpaired) electrons. The first-order chi connectivity index (χ1) is 12.1. The summed E-state index contributed by atoms with van der Waals surface area (Å²) in [5.41, 5.74) is 4.53. The van der Waals surface area contributed by atoms with E-state index >= 15 is 0 Å². The molecule has 1 amide bonds. The third kappa shape index (κ3) is 3.42. The molecule has 132 valence electrons. The van der Waals surface area contributed by atoms with Crippen molar-refractivity contribution < 1.29 is 9.53 Å². The predicted octanol–water partition coefficient (Wildman–Crippen LogP) is 1.64. The Labute approximate surface area is 147 Å². The smallest absolute Gasteiger partial charge is 0.274 e. The number of hydrogen-bond acceptors (Lipinski definition) is 5. The molecule has 2 aliphatic rings. The second-order valence-electron chi connectivity index (χ2n) is 6.97. The van der Waals surface area contributed by atoms with E-state index in [1.165, 1.54) is 18.4 Å². The van der Waals surface area contributed by atoms with E-state index in [4.69, 9.17) is 4.74 Å². The molecule has 4 rings (SSSR count). The van der Waals surface area contributed by atoms with E-state index in [-0.39, 0.29) is 5.91 Å². The fraction of sp³-hybridized carbons (Fsp3) is 0.556. The van der Waals surface area contributed by atoms with Crippen molar-refractivity contribution in [3.05, 3.63) is 40.7 Å². The second kappa shape index (κ2) is 6.55. The van der Waals surface area contributed by atoms with Crippen molar-refractivity contribution >= 4 is 5.91 Å². The minimum absolute atomic E-state index is 0.0779. The van der Waals surface area contributed by atoms with Gasteiger partial charge in [0.2, 0.25) is 0 Å².